The van der Waals surface area contributed by atoms with Gasteiger partial charge in [-0.1, -0.05) is 59.2 Å². The van der Waals surface area contributed by atoms with Crippen molar-refractivity contribution in [1.29, 1.82) is 0 Å². The van der Waals surface area contributed by atoms with Crippen molar-refractivity contribution in [2.45, 2.75) is 26.6 Å². The molecule has 2 aromatic carbocycles. The van der Waals surface area contributed by atoms with Crippen molar-refractivity contribution >= 4 is 28.9 Å². The fourth-order valence-electron chi connectivity index (χ4n) is 2.55. The van der Waals surface area contributed by atoms with Crippen LogP contribution in [0, 0.1) is 0 Å². The summed E-state index contributed by atoms with van der Waals surface area (Å²) in [5.74, 6) is 0.143. The maximum Gasteiger partial charge on any atom is 0.258 e. The Morgan fingerprint density at radius 1 is 1.10 bits per heavy atom. The molecule has 1 aromatic heterocycles. The van der Waals surface area contributed by atoms with Crippen LogP contribution in [0.2, 0.25) is 5.15 Å². The van der Waals surface area contributed by atoms with Gasteiger partial charge in [0.25, 0.3) is 5.91 Å². The first-order chi connectivity index (χ1) is 14.5. The summed E-state index contributed by atoms with van der Waals surface area (Å²) in [6.07, 6.45) is 1.17. The molecule has 1 N–H and O–H groups in total. The molecule has 1 atom stereocenters. The van der Waals surface area contributed by atoms with Crippen molar-refractivity contribution in [3.63, 3.8) is 0 Å². The Labute approximate surface area is 180 Å². The number of hydrogen-bond donors (Lipinski definition) is 1. The lowest BCUT2D eigenvalue weighted by Crippen LogP contribution is -2.22. The van der Waals surface area contributed by atoms with Crippen LogP contribution in [0.5, 0.6) is 5.75 Å². The molecular formula is C23H22ClN3O3. The number of oxime groups is 1. The molecule has 0 radical (unpaired) electrons. The molecule has 0 aliphatic heterocycles. The summed E-state index contributed by atoms with van der Waals surface area (Å²) in [4.78, 5) is 21.9. The van der Waals surface area contributed by atoms with E-state index in [1.165, 1.54) is 6.20 Å². The monoisotopic (exact) mass is 423 g/mol. The van der Waals surface area contributed by atoms with Gasteiger partial charge < -0.3 is 14.9 Å². The minimum atomic E-state index is -0.367. The molecule has 0 saturated carbocycles. The number of halogens is 1. The van der Waals surface area contributed by atoms with E-state index < -0.39 is 0 Å². The van der Waals surface area contributed by atoms with Crippen LogP contribution in [-0.4, -0.2) is 22.7 Å². The van der Waals surface area contributed by atoms with Crippen molar-refractivity contribution in [1.82, 2.24) is 4.98 Å². The van der Waals surface area contributed by atoms with Gasteiger partial charge in [-0.05, 0) is 43.7 Å². The fraction of sp³-hybridized carbons (Fsp3) is 0.174. The fourth-order valence-corrected chi connectivity index (χ4v) is 2.76. The van der Waals surface area contributed by atoms with Gasteiger partial charge in [-0.25, -0.2) is 4.98 Å². The summed E-state index contributed by atoms with van der Waals surface area (Å²) in [6, 6.07) is 20.2. The second-order valence-electron chi connectivity index (χ2n) is 6.54. The number of amides is 1. The Hall–Kier alpha value is -3.38. The average Bonchev–Trinajstić information content (AvgIpc) is 2.76. The van der Waals surface area contributed by atoms with Crippen molar-refractivity contribution < 1.29 is 14.4 Å². The van der Waals surface area contributed by atoms with Gasteiger partial charge >= 0.3 is 0 Å². The zero-order chi connectivity index (χ0) is 21.3. The van der Waals surface area contributed by atoms with Crippen molar-refractivity contribution in [2.75, 3.05) is 5.32 Å². The van der Waals surface area contributed by atoms with Gasteiger partial charge in [0.1, 0.15) is 23.6 Å². The summed E-state index contributed by atoms with van der Waals surface area (Å²) in [5, 5.41) is 7.10. The number of rotatable bonds is 8. The van der Waals surface area contributed by atoms with Crippen LogP contribution >= 0.6 is 11.6 Å². The van der Waals surface area contributed by atoms with Crippen molar-refractivity contribution in [3.05, 3.63) is 89.2 Å². The number of nitrogens with one attached hydrogen (secondary N) is 1. The lowest BCUT2D eigenvalue weighted by atomic mass is 10.2. The Balaban J connectivity index is 1.64. The van der Waals surface area contributed by atoms with Crippen LogP contribution in [0.4, 0.5) is 5.69 Å². The standard InChI is InChI=1S/C23H22ClN3O3/c1-16(27-29-15-18-9-4-3-5-10-18)17(2)30-21-13-7-6-12-20(21)26-23(28)19-11-8-14-25-22(19)24/h3-14,17H,15H2,1-2H3,(H,26,28). The first-order valence-corrected chi connectivity index (χ1v) is 9.80. The third kappa shape index (κ3) is 5.81. The molecule has 1 amide bonds. The Kier molecular flexibility index (Phi) is 7.40. The number of carbonyl (C=O) groups is 1. The molecule has 0 bridgehead atoms. The smallest absolute Gasteiger partial charge is 0.258 e. The summed E-state index contributed by atoms with van der Waals surface area (Å²) in [7, 11) is 0. The van der Waals surface area contributed by atoms with E-state index in [-0.39, 0.29) is 22.7 Å². The average molecular weight is 424 g/mol. The lowest BCUT2D eigenvalue weighted by molar-refractivity contribution is 0.102. The number of para-hydroxylation sites is 2. The van der Waals surface area contributed by atoms with E-state index in [2.05, 4.69) is 15.5 Å². The van der Waals surface area contributed by atoms with E-state index in [1.807, 2.05) is 56.3 Å². The van der Waals surface area contributed by atoms with Gasteiger partial charge in [0.05, 0.1) is 17.0 Å². The van der Waals surface area contributed by atoms with E-state index in [4.69, 9.17) is 21.2 Å². The van der Waals surface area contributed by atoms with Gasteiger partial charge in [0, 0.05) is 6.20 Å². The van der Waals surface area contributed by atoms with E-state index >= 15 is 0 Å². The van der Waals surface area contributed by atoms with Crippen molar-refractivity contribution in [3.8, 4) is 5.75 Å². The molecule has 0 fully saturated rings. The molecule has 30 heavy (non-hydrogen) atoms. The first kappa shape index (κ1) is 21.3. The molecule has 0 spiro atoms. The van der Waals surface area contributed by atoms with Crippen LogP contribution in [0.25, 0.3) is 0 Å². The molecule has 6 nitrogen and oxygen atoms in total. The minimum Gasteiger partial charge on any atom is -0.482 e. The maximum absolute atomic E-state index is 12.5. The van der Waals surface area contributed by atoms with E-state index in [1.54, 1.807) is 24.3 Å². The highest BCUT2D eigenvalue weighted by molar-refractivity contribution is 6.33. The Morgan fingerprint density at radius 2 is 1.83 bits per heavy atom. The predicted octanol–water partition coefficient (Wildman–Crippen LogP) is 5.35. The number of aromatic nitrogens is 1. The predicted molar refractivity (Wildman–Crippen MR) is 118 cm³/mol. The number of benzene rings is 2. The van der Waals surface area contributed by atoms with Crippen LogP contribution in [0.15, 0.2) is 78.1 Å². The van der Waals surface area contributed by atoms with Crippen LogP contribution in [0.3, 0.4) is 0 Å². The zero-order valence-electron chi connectivity index (χ0n) is 16.7. The maximum atomic E-state index is 12.5. The zero-order valence-corrected chi connectivity index (χ0v) is 17.5. The Bertz CT molecular complexity index is 1020. The molecular weight excluding hydrogens is 402 g/mol. The quantitative estimate of drug-likeness (QED) is 0.301. The van der Waals surface area contributed by atoms with Gasteiger partial charge in [-0.2, -0.15) is 0 Å². The van der Waals surface area contributed by atoms with E-state index in [0.29, 0.717) is 23.8 Å². The molecule has 0 saturated heterocycles. The summed E-state index contributed by atoms with van der Waals surface area (Å²) >= 11 is 6.01. The van der Waals surface area contributed by atoms with E-state index in [9.17, 15) is 4.79 Å². The van der Waals surface area contributed by atoms with Crippen LogP contribution < -0.4 is 10.1 Å². The van der Waals surface area contributed by atoms with Crippen molar-refractivity contribution in [2.24, 2.45) is 5.16 Å². The van der Waals surface area contributed by atoms with E-state index in [0.717, 1.165) is 5.56 Å². The second kappa shape index (κ2) is 10.4. The number of nitrogens with zero attached hydrogens (tertiary/aromatic N) is 2. The topological polar surface area (TPSA) is 72.8 Å². The molecule has 0 aliphatic rings. The number of pyridine rings is 1. The first-order valence-electron chi connectivity index (χ1n) is 9.42. The van der Waals surface area contributed by atoms with Gasteiger partial charge in [0.2, 0.25) is 0 Å². The third-order valence-corrected chi connectivity index (χ3v) is 4.61. The highest BCUT2D eigenvalue weighted by Crippen LogP contribution is 2.26. The normalized spacial score (nSPS) is 12.2. The highest BCUT2D eigenvalue weighted by Gasteiger charge is 2.16. The summed E-state index contributed by atoms with van der Waals surface area (Å²) in [5.41, 5.74) is 2.51. The lowest BCUT2D eigenvalue weighted by Gasteiger charge is -2.17. The second-order valence-corrected chi connectivity index (χ2v) is 6.90. The third-order valence-electron chi connectivity index (χ3n) is 4.31. The molecule has 1 unspecified atom stereocenters. The molecule has 7 heteroatoms. The Morgan fingerprint density at radius 3 is 2.60 bits per heavy atom. The summed E-state index contributed by atoms with van der Waals surface area (Å²) < 4.78 is 6.00. The number of ether oxygens (including phenoxy) is 1. The largest absolute Gasteiger partial charge is 0.482 e. The number of carbonyl (C=O) groups excluding carboxylic acids is 1. The minimum absolute atomic E-state index is 0.139. The highest BCUT2D eigenvalue weighted by atomic mass is 35.5. The van der Waals surface area contributed by atoms with Crippen LogP contribution in [0.1, 0.15) is 29.8 Å². The molecule has 1 heterocycles. The molecule has 3 aromatic rings. The van der Waals surface area contributed by atoms with Gasteiger partial charge in [-0.15, -0.1) is 0 Å². The molecule has 154 valence electrons. The van der Waals surface area contributed by atoms with Crippen LogP contribution in [-0.2, 0) is 11.4 Å². The number of anilines is 1. The number of hydrogen-bond acceptors (Lipinski definition) is 5. The van der Waals surface area contributed by atoms with Gasteiger partial charge in [-0.3, -0.25) is 4.79 Å². The molecule has 0 aliphatic carbocycles. The van der Waals surface area contributed by atoms with Gasteiger partial charge in [0.15, 0.2) is 0 Å². The summed E-state index contributed by atoms with van der Waals surface area (Å²) in [6.45, 7) is 4.07. The SMILES string of the molecule is CC(=NOCc1ccccc1)C(C)Oc1ccccc1NC(=O)c1cccnc1Cl. The molecule has 3 rings (SSSR count).